The van der Waals surface area contributed by atoms with Crippen molar-refractivity contribution in [1.29, 1.82) is 0 Å². The zero-order valence-corrected chi connectivity index (χ0v) is 9.95. The summed E-state index contributed by atoms with van der Waals surface area (Å²) < 4.78 is 0. The number of rotatable bonds is 4. The number of aryl methyl sites for hydroxylation is 1. The van der Waals surface area contributed by atoms with Gasteiger partial charge in [0.2, 0.25) is 11.8 Å². The smallest absolute Gasteiger partial charge is 0.242 e. The average Bonchev–Trinajstić information content (AvgIpc) is 2.33. The monoisotopic (exact) mass is 248 g/mol. The van der Waals surface area contributed by atoms with Gasteiger partial charge in [-0.15, -0.1) is 0 Å². The lowest BCUT2D eigenvalue weighted by molar-refractivity contribution is -0.158. The number of nitrogens with zero attached hydrogens (tertiary/aromatic N) is 1. The summed E-state index contributed by atoms with van der Waals surface area (Å²) in [6.45, 7) is 0.196. The van der Waals surface area contributed by atoms with E-state index in [0.717, 1.165) is 5.56 Å². The summed E-state index contributed by atoms with van der Waals surface area (Å²) in [5, 5.41) is 9.39. The van der Waals surface area contributed by atoms with E-state index in [2.05, 4.69) is 0 Å². The Labute approximate surface area is 105 Å². The van der Waals surface area contributed by atoms with E-state index < -0.39 is 18.1 Å². The van der Waals surface area contributed by atoms with Gasteiger partial charge in [-0.3, -0.25) is 9.59 Å². The molecule has 1 saturated heterocycles. The third-order valence-electron chi connectivity index (χ3n) is 3.17. The Morgan fingerprint density at radius 1 is 1.33 bits per heavy atom. The number of aliphatic hydroxyl groups is 1. The first-order valence-electron chi connectivity index (χ1n) is 5.90. The predicted octanol–water partition coefficient (Wildman–Crippen LogP) is -0.324. The minimum atomic E-state index is -0.853. The highest BCUT2D eigenvalue weighted by Crippen LogP contribution is 2.19. The van der Waals surface area contributed by atoms with Gasteiger partial charge in [0.1, 0.15) is 12.1 Å². The highest BCUT2D eigenvalue weighted by Gasteiger charge is 2.44. The number of carbonyl (C=O) groups is 2. The Balaban J connectivity index is 1.88. The summed E-state index contributed by atoms with van der Waals surface area (Å²) in [6.07, 6.45) is 0.126. The van der Waals surface area contributed by atoms with Crippen LogP contribution in [-0.4, -0.2) is 40.5 Å². The molecule has 1 unspecified atom stereocenters. The van der Waals surface area contributed by atoms with Crippen molar-refractivity contribution in [2.45, 2.75) is 25.0 Å². The summed E-state index contributed by atoms with van der Waals surface area (Å²) in [4.78, 5) is 24.3. The fraction of sp³-hybridized carbons (Fsp3) is 0.385. The van der Waals surface area contributed by atoms with Gasteiger partial charge in [0.05, 0.1) is 6.54 Å². The molecule has 1 heterocycles. The quantitative estimate of drug-likeness (QED) is 0.765. The first-order valence-corrected chi connectivity index (χ1v) is 5.90. The van der Waals surface area contributed by atoms with Gasteiger partial charge < -0.3 is 15.7 Å². The van der Waals surface area contributed by atoms with Gasteiger partial charge in [0.25, 0.3) is 0 Å². The van der Waals surface area contributed by atoms with E-state index in [9.17, 15) is 14.7 Å². The third kappa shape index (κ3) is 2.51. The van der Waals surface area contributed by atoms with Crippen LogP contribution in [0.2, 0.25) is 0 Å². The van der Waals surface area contributed by atoms with Crippen molar-refractivity contribution >= 4 is 11.8 Å². The topological polar surface area (TPSA) is 83.6 Å². The highest BCUT2D eigenvalue weighted by atomic mass is 16.3. The minimum Gasteiger partial charge on any atom is -0.389 e. The Bertz CT molecular complexity index is 447. The van der Waals surface area contributed by atoms with Gasteiger partial charge in [0.15, 0.2) is 0 Å². The van der Waals surface area contributed by atoms with Crippen LogP contribution in [0.3, 0.4) is 0 Å². The number of amides is 2. The van der Waals surface area contributed by atoms with Gasteiger partial charge in [-0.1, -0.05) is 30.3 Å². The zero-order chi connectivity index (χ0) is 13.1. The van der Waals surface area contributed by atoms with Gasteiger partial charge in [0, 0.05) is 6.42 Å². The molecule has 96 valence electrons. The molecule has 0 aliphatic carbocycles. The molecule has 1 aromatic carbocycles. The number of carbonyl (C=O) groups excluding carboxylic acids is 2. The molecule has 2 rings (SSSR count). The molecule has 0 aromatic heterocycles. The van der Waals surface area contributed by atoms with Crippen LogP contribution in [0.15, 0.2) is 30.3 Å². The molecule has 0 bridgehead atoms. The number of β-amino-alcohol motifs (C(OH)–C–C–N with tert-alkyl or cyclic N) is 1. The second-order valence-corrected chi connectivity index (χ2v) is 4.45. The van der Waals surface area contributed by atoms with Gasteiger partial charge >= 0.3 is 0 Å². The average molecular weight is 248 g/mol. The molecule has 0 radical (unpaired) electrons. The molecular formula is C13H16N2O3. The summed E-state index contributed by atoms with van der Waals surface area (Å²) >= 11 is 0. The van der Waals surface area contributed by atoms with Gasteiger partial charge in [-0.2, -0.15) is 0 Å². The molecule has 1 aliphatic rings. The van der Waals surface area contributed by atoms with Crippen molar-refractivity contribution in [3.8, 4) is 0 Å². The summed E-state index contributed by atoms with van der Waals surface area (Å²) in [6, 6.07) is 8.79. The first-order chi connectivity index (χ1) is 8.59. The first kappa shape index (κ1) is 12.6. The van der Waals surface area contributed by atoms with Crippen LogP contribution in [-0.2, 0) is 16.0 Å². The Morgan fingerprint density at radius 2 is 2.00 bits per heavy atom. The SMILES string of the molecule is NC(=O)C1[C@@H](O)CN1C(=O)CCc1ccccc1. The third-order valence-corrected chi connectivity index (χ3v) is 3.17. The van der Waals surface area contributed by atoms with Crippen molar-refractivity contribution < 1.29 is 14.7 Å². The highest BCUT2D eigenvalue weighted by molar-refractivity contribution is 5.89. The van der Waals surface area contributed by atoms with E-state index in [0.29, 0.717) is 12.8 Å². The van der Waals surface area contributed by atoms with Crippen molar-refractivity contribution in [2.24, 2.45) is 5.73 Å². The van der Waals surface area contributed by atoms with Crippen LogP contribution in [0.4, 0.5) is 0 Å². The molecule has 18 heavy (non-hydrogen) atoms. The predicted molar refractivity (Wildman–Crippen MR) is 65.5 cm³/mol. The molecule has 5 heteroatoms. The van der Waals surface area contributed by atoms with Crippen molar-refractivity contribution in [2.75, 3.05) is 6.54 Å². The van der Waals surface area contributed by atoms with E-state index in [1.54, 1.807) is 0 Å². The number of likely N-dealkylation sites (tertiary alicyclic amines) is 1. The molecule has 0 saturated carbocycles. The normalized spacial score (nSPS) is 22.4. The number of hydrogen-bond donors (Lipinski definition) is 2. The van der Waals surface area contributed by atoms with Crippen LogP contribution >= 0.6 is 0 Å². The second-order valence-electron chi connectivity index (χ2n) is 4.45. The lowest BCUT2D eigenvalue weighted by Gasteiger charge is -2.43. The number of nitrogens with two attached hydrogens (primary N) is 1. The molecule has 0 spiro atoms. The lowest BCUT2D eigenvalue weighted by Crippen LogP contribution is -2.67. The van der Waals surface area contributed by atoms with Crippen LogP contribution < -0.4 is 5.73 Å². The van der Waals surface area contributed by atoms with E-state index in [1.165, 1.54) is 4.90 Å². The Morgan fingerprint density at radius 3 is 2.56 bits per heavy atom. The fourth-order valence-corrected chi connectivity index (χ4v) is 2.12. The maximum atomic E-state index is 11.9. The Kier molecular flexibility index (Phi) is 3.62. The molecule has 3 N–H and O–H groups in total. The molecule has 5 nitrogen and oxygen atoms in total. The van der Waals surface area contributed by atoms with Crippen LogP contribution in [0.5, 0.6) is 0 Å². The van der Waals surface area contributed by atoms with E-state index in [-0.39, 0.29) is 12.5 Å². The van der Waals surface area contributed by atoms with E-state index >= 15 is 0 Å². The maximum absolute atomic E-state index is 11.9. The fourth-order valence-electron chi connectivity index (χ4n) is 2.12. The van der Waals surface area contributed by atoms with E-state index in [1.807, 2.05) is 30.3 Å². The molecule has 1 fully saturated rings. The minimum absolute atomic E-state index is 0.145. The second kappa shape index (κ2) is 5.18. The molecular weight excluding hydrogens is 232 g/mol. The molecule has 1 aliphatic heterocycles. The largest absolute Gasteiger partial charge is 0.389 e. The van der Waals surface area contributed by atoms with Gasteiger partial charge in [-0.25, -0.2) is 0 Å². The van der Waals surface area contributed by atoms with E-state index in [4.69, 9.17) is 5.73 Å². The zero-order valence-electron chi connectivity index (χ0n) is 9.95. The van der Waals surface area contributed by atoms with Gasteiger partial charge in [-0.05, 0) is 12.0 Å². The number of benzene rings is 1. The maximum Gasteiger partial charge on any atom is 0.242 e. The lowest BCUT2D eigenvalue weighted by atomic mass is 9.97. The number of hydrogen-bond acceptors (Lipinski definition) is 3. The van der Waals surface area contributed by atoms with Crippen LogP contribution in [0.1, 0.15) is 12.0 Å². The van der Waals surface area contributed by atoms with Crippen molar-refractivity contribution in [3.63, 3.8) is 0 Å². The van der Waals surface area contributed by atoms with Crippen molar-refractivity contribution in [1.82, 2.24) is 4.90 Å². The van der Waals surface area contributed by atoms with Crippen LogP contribution in [0.25, 0.3) is 0 Å². The molecule has 2 atom stereocenters. The molecule has 2 amide bonds. The number of primary amides is 1. The summed E-state index contributed by atoms with van der Waals surface area (Å²) in [5.41, 5.74) is 6.20. The summed E-state index contributed by atoms with van der Waals surface area (Å²) in [7, 11) is 0. The van der Waals surface area contributed by atoms with Crippen molar-refractivity contribution in [3.05, 3.63) is 35.9 Å². The Hall–Kier alpha value is -1.88. The molecule has 1 aromatic rings. The van der Waals surface area contributed by atoms with Crippen LogP contribution in [0, 0.1) is 0 Å². The summed E-state index contributed by atoms with van der Waals surface area (Å²) in [5.74, 6) is -0.797. The number of aliphatic hydroxyl groups excluding tert-OH is 1. The standard InChI is InChI=1S/C13H16N2O3/c14-13(18)12-10(16)8-15(12)11(17)7-6-9-4-2-1-3-5-9/h1-5,10,12,16H,6-8H2,(H2,14,18)/t10-,12?/m0/s1.